The number of hydrogen-bond acceptors (Lipinski definition) is 1. The molecule has 0 bridgehead atoms. The molecule has 1 aliphatic rings. The van der Waals surface area contributed by atoms with E-state index in [0.29, 0.717) is 11.5 Å². The standard InChI is InChI=1S/C17H24F3N/c1-12(14-8-4-3-5-9-14)21-13(2)15-10-6-7-11-16(15)17(18,19)20/h6-7,10-14,21H,3-5,8-9H2,1-2H3/t12-,13?/m1/s1. The van der Waals surface area contributed by atoms with Crippen LogP contribution < -0.4 is 5.32 Å². The number of hydrogen-bond donors (Lipinski definition) is 1. The van der Waals surface area contributed by atoms with Crippen molar-refractivity contribution in [2.45, 2.75) is 64.2 Å². The minimum Gasteiger partial charge on any atom is -0.307 e. The third-order valence-electron chi connectivity index (χ3n) is 4.60. The molecule has 118 valence electrons. The average Bonchev–Trinajstić information content (AvgIpc) is 2.47. The molecule has 2 rings (SSSR count). The van der Waals surface area contributed by atoms with Crippen molar-refractivity contribution < 1.29 is 13.2 Å². The highest BCUT2D eigenvalue weighted by Gasteiger charge is 2.34. The molecule has 1 fully saturated rings. The van der Waals surface area contributed by atoms with Gasteiger partial charge in [0.05, 0.1) is 5.56 Å². The van der Waals surface area contributed by atoms with E-state index in [4.69, 9.17) is 0 Å². The Morgan fingerprint density at radius 3 is 2.29 bits per heavy atom. The summed E-state index contributed by atoms with van der Waals surface area (Å²) < 4.78 is 39.2. The maximum Gasteiger partial charge on any atom is 0.416 e. The van der Waals surface area contributed by atoms with Gasteiger partial charge in [-0.15, -0.1) is 0 Å². The van der Waals surface area contributed by atoms with Crippen LogP contribution in [0.3, 0.4) is 0 Å². The van der Waals surface area contributed by atoms with Gasteiger partial charge in [0.15, 0.2) is 0 Å². The normalized spacial score (nSPS) is 20.2. The third kappa shape index (κ3) is 4.22. The molecule has 1 unspecified atom stereocenters. The van der Waals surface area contributed by atoms with Gasteiger partial charge < -0.3 is 5.32 Å². The van der Waals surface area contributed by atoms with E-state index >= 15 is 0 Å². The zero-order valence-corrected chi connectivity index (χ0v) is 12.7. The molecule has 4 heteroatoms. The Morgan fingerprint density at radius 1 is 1.05 bits per heavy atom. The van der Waals surface area contributed by atoms with Gasteiger partial charge in [0.25, 0.3) is 0 Å². The minimum absolute atomic E-state index is 0.251. The molecule has 0 saturated heterocycles. The summed E-state index contributed by atoms with van der Waals surface area (Å²) in [4.78, 5) is 0. The van der Waals surface area contributed by atoms with E-state index in [-0.39, 0.29) is 12.1 Å². The van der Waals surface area contributed by atoms with Crippen LogP contribution in [0.25, 0.3) is 0 Å². The lowest BCUT2D eigenvalue weighted by Gasteiger charge is -2.31. The maximum atomic E-state index is 13.1. The summed E-state index contributed by atoms with van der Waals surface area (Å²) in [6, 6.07) is 5.83. The first-order chi connectivity index (χ1) is 9.89. The second-order valence-corrected chi connectivity index (χ2v) is 6.16. The summed E-state index contributed by atoms with van der Waals surface area (Å²) in [5.74, 6) is 0.583. The predicted molar refractivity (Wildman–Crippen MR) is 79.0 cm³/mol. The Hall–Kier alpha value is -1.03. The Morgan fingerprint density at radius 2 is 1.67 bits per heavy atom. The van der Waals surface area contributed by atoms with Gasteiger partial charge >= 0.3 is 6.18 Å². The van der Waals surface area contributed by atoms with Crippen LogP contribution in [-0.2, 0) is 6.18 Å². The highest BCUT2D eigenvalue weighted by atomic mass is 19.4. The molecule has 1 aromatic carbocycles. The molecule has 21 heavy (non-hydrogen) atoms. The molecule has 0 aromatic heterocycles. The molecule has 1 N–H and O–H groups in total. The van der Waals surface area contributed by atoms with Crippen LogP contribution in [0, 0.1) is 5.92 Å². The molecule has 1 aliphatic carbocycles. The van der Waals surface area contributed by atoms with Crippen molar-refractivity contribution in [2.24, 2.45) is 5.92 Å². The monoisotopic (exact) mass is 299 g/mol. The summed E-state index contributed by atoms with van der Waals surface area (Å²) in [7, 11) is 0. The first-order valence-corrected chi connectivity index (χ1v) is 7.81. The van der Waals surface area contributed by atoms with E-state index in [0.717, 1.165) is 0 Å². The van der Waals surface area contributed by atoms with Crippen molar-refractivity contribution in [1.29, 1.82) is 0 Å². The quantitative estimate of drug-likeness (QED) is 0.793. The van der Waals surface area contributed by atoms with Gasteiger partial charge in [-0.05, 0) is 44.2 Å². The van der Waals surface area contributed by atoms with E-state index in [1.54, 1.807) is 12.1 Å². The Kier molecular flexibility index (Phi) is 5.31. The van der Waals surface area contributed by atoms with Gasteiger partial charge in [0.2, 0.25) is 0 Å². The van der Waals surface area contributed by atoms with Crippen LogP contribution in [0.1, 0.15) is 63.1 Å². The molecule has 1 nitrogen and oxygen atoms in total. The van der Waals surface area contributed by atoms with Crippen LogP contribution in [-0.4, -0.2) is 6.04 Å². The van der Waals surface area contributed by atoms with Crippen LogP contribution in [0.15, 0.2) is 24.3 Å². The van der Waals surface area contributed by atoms with Crippen LogP contribution in [0.4, 0.5) is 13.2 Å². The fourth-order valence-electron chi connectivity index (χ4n) is 3.39. The van der Waals surface area contributed by atoms with Gasteiger partial charge in [-0.1, -0.05) is 37.5 Å². The highest BCUT2D eigenvalue weighted by molar-refractivity contribution is 5.32. The van der Waals surface area contributed by atoms with Crippen molar-refractivity contribution in [3.8, 4) is 0 Å². The highest BCUT2D eigenvalue weighted by Crippen LogP contribution is 2.35. The van der Waals surface area contributed by atoms with Crippen molar-refractivity contribution in [3.63, 3.8) is 0 Å². The average molecular weight is 299 g/mol. The fourth-order valence-corrected chi connectivity index (χ4v) is 3.39. The lowest BCUT2D eigenvalue weighted by atomic mass is 9.84. The topological polar surface area (TPSA) is 12.0 Å². The fraction of sp³-hybridized carbons (Fsp3) is 0.647. The number of halogens is 3. The van der Waals surface area contributed by atoms with Crippen molar-refractivity contribution >= 4 is 0 Å². The third-order valence-corrected chi connectivity index (χ3v) is 4.60. The van der Waals surface area contributed by atoms with Gasteiger partial charge in [-0.3, -0.25) is 0 Å². The second-order valence-electron chi connectivity index (χ2n) is 6.16. The largest absolute Gasteiger partial charge is 0.416 e. The molecule has 0 amide bonds. The second kappa shape index (κ2) is 6.82. The van der Waals surface area contributed by atoms with Crippen LogP contribution in [0.2, 0.25) is 0 Å². The van der Waals surface area contributed by atoms with E-state index in [1.165, 1.54) is 44.2 Å². The first-order valence-electron chi connectivity index (χ1n) is 7.81. The zero-order chi connectivity index (χ0) is 15.5. The summed E-state index contributed by atoms with van der Waals surface area (Å²) in [6.07, 6.45) is 1.84. The van der Waals surface area contributed by atoms with E-state index < -0.39 is 11.7 Å². The van der Waals surface area contributed by atoms with Gasteiger partial charge in [-0.2, -0.15) is 13.2 Å². The molecule has 1 saturated carbocycles. The van der Waals surface area contributed by atoms with E-state index in [9.17, 15) is 13.2 Å². The smallest absolute Gasteiger partial charge is 0.307 e. The maximum absolute atomic E-state index is 13.1. The molecule has 1 aromatic rings. The zero-order valence-electron chi connectivity index (χ0n) is 12.7. The number of rotatable bonds is 4. The van der Waals surface area contributed by atoms with Crippen molar-refractivity contribution in [3.05, 3.63) is 35.4 Å². The lowest BCUT2D eigenvalue weighted by Crippen LogP contribution is -2.37. The minimum atomic E-state index is -4.29. The van der Waals surface area contributed by atoms with E-state index in [2.05, 4.69) is 12.2 Å². The van der Waals surface area contributed by atoms with Gasteiger partial charge in [0, 0.05) is 12.1 Å². The number of alkyl halides is 3. The first kappa shape index (κ1) is 16.3. The Balaban J connectivity index is 2.08. The number of benzene rings is 1. The van der Waals surface area contributed by atoms with E-state index in [1.807, 2.05) is 6.92 Å². The SMILES string of the molecule is CC(N[C@H](C)C1CCCCC1)c1ccccc1C(F)(F)F. The summed E-state index contributed by atoms with van der Waals surface area (Å²) in [6.45, 7) is 3.92. The lowest BCUT2D eigenvalue weighted by molar-refractivity contribution is -0.138. The summed E-state index contributed by atoms with van der Waals surface area (Å²) in [5, 5.41) is 3.38. The van der Waals surface area contributed by atoms with Crippen LogP contribution >= 0.6 is 0 Å². The van der Waals surface area contributed by atoms with Crippen molar-refractivity contribution in [1.82, 2.24) is 5.32 Å². The van der Waals surface area contributed by atoms with Crippen LogP contribution in [0.5, 0.6) is 0 Å². The number of nitrogens with one attached hydrogen (secondary N) is 1. The van der Waals surface area contributed by atoms with Gasteiger partial charge in [-0.25, -0.2) is 0 Å². The van der Waals surface area contributed by atoms with Gasteiger partial charge in [0.1, 0.15) is 0 Å². The molecular formula is C17H24F3N. The predicted octanol–water partition coefficient (Wildman–Crippen LogP) is 5.32. The molecule has 0 aliphatic heterocycles. The molecule has 2 atom stereocenters. The Labute approximate surface area is 124 Å². The summed E-state index contributed by atoms with van der Waals surface area (Å²) >= 11 is 0. The molecule has 0 spiro atoms. The Bertz CT molecular complexity index is 450. The molecular weight excluding hydrogens is 275 g/mol. The molecule has 0 heterocycles. The molecule has 0 radical (unpaired) electrons. The van der Waals surface area contributed by atoms with Crippen molar-refractivity contribution in [2.75, 3.05) is 0 Å². The summed E-state index contributed by atoms with van der Waals surface area (Å²) in [5.41, 5.74) is -0.187.